The van der Waals surface area contributed by atoms with Crippen molar-refractivity contribution in [2.24, 2.45) is 0 Å². The minimum Gasteiger partial charge on any atom is -0.466 e. The summed E-state index contributed by atoms with van der Waals surface area (Å²) in [6.07, 6.45) is -3.84. The van der Waals surface area contributed by atoms with Crippen LogP contribution in [0.25, 0.3) is 6.08 Å². The SMILES string of the molecule is COC(=O)/C=C/c1ccc(O[C@@H]2O[C@H](CO)[C@@H](O)[C@H](O)[C@H]2O)cc1. The van der Waals surface area contributed by atoms with Crippen molar-refractivity contribution in [3.8, 4) is 5.75 Å². The molecule has 1 aliphatic rings. The Bertz CT molecular complexity index is 568. The van der Waals surface area contributed by atoms with Crippen LogP contribution in [0.4, 0.5) is 0 Å². The molecule has 0 amide bonds. The van der Waals surface area contributed by atoms with E-state index in [1.165, 1.54) is 13.2 Å². The van der Waals surface area contributed by atoms with Gasteiger partial charge in [0, 0.05) is 6.08 Å². The maximum atomic E-state index is 11.0. The molecule has 1 aliphatic heterocycles. The first-order valence-electron chi connectivity index (χ1n) is 7.29. The molecule has 1 aromatic carbocycles. The highest BCUT2D eigenvalue weighted by molar-refractivity contribution is 5.86. The lowest BCUT2D eigenvalue weighted by Gasteiger charge is -2.39. The molecule has 0 saturated carbocycles. The standard InChI is InChI=1S/C16H20O8/c1-22-12(18)7-4-9-2-5-10(6-3-9)23-16-15(21)14(20)13(19)11(8-17)24-16/h2-7,11,13-17,19-21H,8H2,1H3/b7-4+/t11-,13-,14+,15-,16-/m1/s1. The van der Waals surface area contributed by atoms with Gasteiger partial charge in [-0.2, -0.15) is 0 Å². The highest BCUT2D eigenvalue weighted by Crippen LogP contribution is 2.24. The molecule has 0 radical (unpaired) electrons. The van der Waals surface area contributed by atoms with E-state index in [0.29, 0.717) is 5.75 Å². The predicted octanol–water partition coefficient (Wildman–Crippen LogP) is -0.949. The lowest BCUT2D eigenvalue weighted by molar-refractivity contribution is -0.277. The fourth-order valence-electron chi connectivity index (χ4n) is 2.19. The summed E-state index contributed by atoms with van der Waals surface area (Å²) in [6, 6.07) is 6.49. The zero-order valence-corrected chi connectivity index (χ0v) is 13.0. The van der Waals surface area contributed by atoms with E-state index in [-0.39, 0.29) is 0 Å². The van der Waals surface area contributed by atoms with Crippen LogP contribution in [0, 0.1) is 0 Å². The molecule has 1 saturated heterocycles. The number of esters is 1. The lowest BCUT2D eigenvalue weighted by Crippen LogP contribution is -2.60. The molecule has 1 heterocycles. The summed E-state index contributed by atoms with van der Waals surface area (Å²) in [5, 5.41) is 38.5. The normalized spacial score (nSPS) is 30.3. The Morgan fingerprint density at radius 2 is 1.83 bits per heavy atom. The largest absolute Gasteiger partial charge is 0.466 e. The summed E-state index contributed by atoms with van der Waals surface area (Å²) in [5.74, 6) is -0.133. The monoisotopic (exact) mass is 340 g/mol. The van der Waals surface area contributed by atoms with Crippen molar-refractivity contribution in [1.29, 1.82) is 0 Å². The number of aliphatic hydroxyl groups is 4. The van der Waals surface area contributed by atoms with Crippen LogP contribution in [0.15, 0.2) is 30.3 Å². The molecule has 0 aliphatic carbocycles. The Kier molecular flexibility index (Phi) is 6.29. The van der Waals surface area contributed by atoms with Gasteiger partial charge in [0.2, 0.25) is 6.29 Å². The molecule has 1 aromatic rings. The number of methoxy groups -OCH3 is 1. The Hall–Kier alpha value is -1.97. The summed E-state index contributed by atoms with van der Waals surface area (Å²) < 4.78 is 15.2. The van der Waals surface area contributed by atoms with Gasteiger partial charge in [-0.1, -0.05) is 12.1 Å². The maximum absolute atomic E-state index is 11.0. The average molecular weight is 340 g/mol. The lowest BCUT2D eigenvalue weighted by atomic mass is 9.99. The zero-order valence-electron chi connectivity index (χ0n) is 13.0. The first kappa shape index (κ1) is 18.4. The van der Waals surface area contributed by atoms with E-state index < -0.39 is 43.3 Å². The molecule has 4 N–H and O–H groups in total. The van der Waals surface area contributed by atoms with Crippen molar-refractivity contribution in [2.75, 3.05) is 13.7 Å². The fraction of sp³-hybridized carbons (Fsp3) is 0.438. The van der Waals surface area contributed by atoms with Crippen molar-refractivity contribution >= 4 is 12.0 Å². The zero-order chi connectivity index (χ0) is 17.7. The Labute approximate surface area is 138 Å². The molecule has 24 heavy (non-hydrogen) atoms. The summed E-state index contributed by atoms with van der Waals surface area (Å²) >= 11 is 0. The van der Waals surface area contributed by atoms with Crippen molar-refractivity contribution in [3.05, 3.63) is 35.9 Å². The molecule has 5 atom stereocenters. The molecule has 0 bridgehead atoms. The van der Waals surface area contributed by atoms with Gasteiger partial charge in [0.1, 0.15) is 30.2 Å². The fourth-order valence-corrected chi connectivity index (χ4v) is 2.19. The van der Waals surface area contributed by atoms with Crippen LogP contribution in [-0.4, -0.2) is 70.8 Å². The van der Waals surface area contributed by atoms with E-state index in [2.05, 4.69) is 4.74 Å². The van der Waals surface area contributed by atoms with Crippen LogP contribution >= 0.6 is 0 Å². The number of aliphatic hydroxyl groups excluding tert-OH is 4. The van der Waals surface area contributed by atoms with Gasteiger partial charge in [-0.3, -0.25) is 0 Å². The van der Waals surface area contributed by atoms with Gasteiger partial charge in [-0.25, -0.2) is 4.79 Å². The second-order valence-electron chi connectivity index (χ2n) is 5.24. The third-order valence-corrected chi connectivity index (χ3v) is 3.59. The van der Waals surface area contributed by atoms with E-state index in [1.54, 1.807) is 30.3 Å². The summed E-state index contributed by atoms with van der Waals surface area (Å²) in [6.45, 7) is -0.526. The van der Waals surface area contributed by atoms with E-state index >= 15 is 0 Å². The molecule has 2 rings (SSSR count). The first-order chi connectivity index (χ1) is 11.5. The Morgan fingerprint density at radius 1 is 1.17 bits per heavy atom. The van der Waals surface area contributed by atoms with E-state index in [4.69, 9.17) is 14.6 Å². The average Bonchev–Trinajstić information content (AvgIpc) is 2.61. The topological polar surface area (TPSA) is 126 Å². The van der Waals surface area contributed by atoms with Gasteiger partial charge in [0.05, 0.1) is 13.7 Å². The highest BCUT2D eigenvalue weighted by atomic mass is 16.7. The molecular weight excluding hydrogens is 320 g/mol. The molecule has 132 valence electrons. The molecule has 0 spiro atoms. The van der Waals surface area contributed by atoms with Gasteiger partial charge in [0.15, 0.2) is 0 Å². The van der Waals surface area contributed by atoms with Gasteiger partial charge in [-0.05, 0) is 23.8 Å². The van der Waals surface area contributed by atoms with E-state index in [9.17, 15) is 20.1 Å². The number of carbonyl (C=O) groups is 1. The molecule has 1 fully saturated rings. The van der Waals surface area contributed by atoms with Gasteiger partial charge in [0.25, 0.3) is 0 Å². The number of hydrogen-bond acceptors (Lipinski definition) is 8. The maximum Gasteiger partial charge on any atom is 0.330 e. The predicted molar refractivity (Wildman–Crippen MR) is 81.9 cm³/mol. The summed E-state index contributed by atoms with van der Waals surface area (Å²) in [7, 11) is 1.28. The molecular formula is C16H20O8. The van der Waals surface area contributed by atoms with Crippen molar-refractivity contribution in [3.63, 3.8) is 0 Å². The van der Waals surface area contributed by atoms with Crippen molar-refractivity contribution in [2.45, 2.75) is 30.7 Å². The first-order valence-corrected chi connectivity index (χ1v) is 7.29. The highest BCUT2D eigenvalue weighted by Gasteiger charge is 2.44. The second-order valence-corrected chi connectivity index (χ2v) is 5.24. The summed E-state index contributed by atoms with van der Waals surface area (Å²) in [5.41, 5.74) is 0.724. The van der Waals surface area contributed by atoms with Crippen molar-refractivity contribution in [1.82, 2.24) is 0 Å². The summed E-state index contributed by atoms with van der Waals surface area (Å²) in [4.78, 5) is 11.0. The number of carbonyl (C=O) groups excluding carboxylic acids is 1. The molecule has 8 heteroatoms. The Morgan fingerprint density at radius 3 is 2.42 bits per heavy atom. The number of rotatable bonds is 5. The van der Waals surface area contributed by atoms with Crippen LogP contribution in [0.2, 0.25) is 0 Å². The minimum atomic E-state index is -1.50. The van der Waals surface area contributed by atoms with E-state index in [0.717, 1.165) is 5.56 Å². The number of benzene rings is 1. The third kappa shape index (κ3) is 4.31. The molecule has 0 unspecified atom stereocenters. The Balaban J connectivity index is 2.02. The van der Waals surface area contributed by atoms with Crippen LogP contribution in [0.1, 0.15) is 5.56 Å². The van der Waals surface area contributed by atoms with Crippen molar-refractivity contribution < 1.29 is 39.4 Å². The second kappa shape index (κ2) is 8.22. The van der Waals surface area contributed by atoms with Gasteiger partial charge >= 0.3 is 5.97 Å². The smallest absolute Gasteiger partial charge is 0.330 e. The van der Waals surface area contributed by atoms with Crippen LogP contribution < -0.4 is 4.74 Å². The van der Waals surface area contributed by atoms with Crippen LogP contribution in [-0.2, 0) is 14.3 Å². The van der Waals surface area contributed by atoms with Gasteiger partial charge < -0.3 is 34.6 Å². The van der Waals surface area contributed by atoms with E-state index in [1.807, 2.05) is 0 Å². The minimum absolute atomic E-state index is 0.342. The third-order valence-electron chi connectivity index (χ3n) is 3.59. The number of ether oxygens (including phenoxy) is 3. The number of hydrogen-bond donors (Lipinski definition) is 4. The quantitative estimate of drug-likeness (QED) is 0.399. The van der Waals surface area contributed by atoms with Gasteiger partial charge in [-0.15, -0.1) is 0 Å². The van der Waals surface area contributed by atoms with Crippen LogP contribution in [0.5, 0.6) is 5.75 Å². The molecule has 0 aromatic heterocycles. The molecule has 8 nitrogen and oxygen atoms in total. The van der Waals surface area contributed by atoms with Crippen LogP contribution in [0.3, 0.4) is 0 Å².